The Balaban J connectivity index is 0.00000364. The van der Waals surface area contributed by atoms with E-state index in [1.165, 1.54) is 0 Å². The zero-order chi connectivity index (χ0) is 18.8. The summed E-state index contributed by atoms with van der Waals surface area (Å²) in [4.78, 5) is 18.4. The molecule has 0 bridgehead atoms. The Labute approximate surface area is 180 Å². The summed E-state index contributed by atoms with van der Waals surface area (Å²) in [5.74, 6) is 1.92. The molecule has 0 aromatic heterocycles. The number of halogens is 1. The van der Waals surface area contributed by atoms with Gasteiger partial charge < -0.3 is 20.3 Å². The van der Waals surface area contributed by atoms with Gasteiger partial charge in [-0.05, 0) is 44.7 Å². The Morgan fingerprint density at radius 1 is 1.33 bits per heavy atom. The number of rotatable bonds is 10. The highest BCUT2D eigenvalue weighted by Gasteiger charge is 2.22. The van der Waals surface area contributed by atoms with Crippen LogP contribution in [-0.2, 0) is 4.79 Å². The molecule has 1 fully saturated rings. The highest BCUT2D eigenvalue weighted by Crippen LogP contribution is 2.18. The first-order valence-electron chi connectivity index (χ1n) is 9.57. The second-order valence-corrected chi connectivity index (χ2v) is 6.72. The van der Waals surface area contributed by atoms with Crippen molar-refractivity contribution >= 4 is 35.8 Å². The topological polar surface area (TPSA) is 66.0 Å². The lowest BCUT2D eigenvalue weighted by atomic mass is 10.2. The number of aryl methyl sites for hydroxylation is 1. The fraction of sp³-hybridized carbons (Fsp3) is 0.600. The lowest BCUT2D eigenvalue weighted by Crippen LogP contribution is -2.41. The summed E-state index contributed by atoms with van der Waals surface area (Å²) >= 11 is 0. The molecule has 1 aliphatic rings. The third kappa shape index (κ3) is 9.30. The number of para-hydroxylation sites is 1. The van der Waals surface area contributed by atoms with Crippen LogP contribution in [-0.4, -0.2) is 56.1 Å². The van der Waals surface area contributed by atoms with E-state index in [9.17, 15) is 4.79 Å². The largest absolute Gasteiger partial charge is 0.491 e. The molecule has 1 amide bonds. The minimum Gasteiger partial charge on any atom is -0.491 e. The summed E-state index contributed by atoms with van der Waals surface area (Å²) < 4.78 is 5.86. The molecule has 1 aromatic carbocycles. The molecule has 0 spiro atoms. The maximum atomic E-state index is 11.7. The first-order valence-corrected chi connectivity index (χ1v) is 9.57. The Morgan fingerprint density at radius 3 is 2.74 bits per heavy atom. The molecular formula is C20H33IN4O2. The number of hydrogen-bond acceptors (Lipinski definition) is 3. The van der Waals surface area contributed by atoms with Crippen LogP contribution in [0, 0.1) is 6.92 Å². The van der Waals surface area contributed by atoms with Gasteiger partial charge in [0.25, 0.3) is 0 Å². The molecule has 0 heterocycles. The van der Waals surface area contributed by atoms with Gasteiger partial charge in [-0.3, -0.25) is 9.79 Å². The Bertz CT molecular complexity index is 605. The van der Waals surface area contributed by atoms with Crippen molar-refractivity contribution in [2.45, 2.75) is 45.6 Å². The number of likely N-dealkylation sites (N-methyl/N-ethyl adjacent to an activating group) is 1. The van der Waals surface area contributed by atoms with Crippen molar-refractivity contribution in [2.24, 2.45) is 4.99 Å². The summed E-state index contributed by atoms with van der Waals surface area (Å²) in [6.07, 6.45) is 3.56. The highest BCUT2D eigenvalue weighted by molar-refractivity contribution is 14.0. The van der Waals surface area contributed by atoms with Crippen LogP contribution >= 0.6 is 24.0 Å². The standard InChI is InChI=1S/C20H32N4O2.HI/c1-4-21-20(22-13-7-10-19(25)23-17-11-12-17)24(3)14-15-26-18-9-6-5-8-16(18)2;/h5-6,8-9,17H,4,7,10-15H2,1-3H3,(H,21,22)(H,23,25);1H. The second kappa shape index (κ2) is 12.8. The van der Waals surface area contributed by atoms with Crippen LogP contribution in [0.15, 0.2) is 29.3 Å². The van der Waals surface area contributed by atoms with Crippen molar-refractivity contribution < 1.29 is 9.53 Å². The Hall–Kier alpha value is -1.51. The van der Waals surface area contributed by atoms with Crippen molar-refractivity contribution in [1.82, 2.24) is 15.5 Å². The number of guanidine groups is 1. The fourth-order valence-electron chi connectivity index (χ4n) is 2.54. The Morgan fingerprint density at radius 2 is 2.07 bits per heavy atom. The van der Waals surface area contributed by atoms with Gasteiger partial charge in [0.1, 0.15) is 12.4 Å². The lowest BCUT2D eigenvalue weighted by Gasteiger charge is -2.22. The molecule has 2 N–H and O–H groups in total. The predicted octanol–water partition coefficient (Wildman–Crippen LogP) is 2.95. The number of ether oxygens (including phenoxy) is 1. The number of carbonyl (C=O) groups excluding carboxylic acids is 1. The molecule has 27 heavy (non-hydrogen) atoms. The minimum absolute atomic E-state index is 0. The van der Waals surface area contributed by atoms with E-state index in [-0.39, 0.29) is 29.9 Å². The van der Waals surface area contributed by atoms with Gasteiger partial charge >= 0.3 is 0 Å². The molecule has 0 aliphatic heterocycles. The van der Waals surface area contributed by atoms with Gasteiger partial charge in [0.2, 0.25) is 5.91 Å². The van der Waals surface area contributed by atoms with E-state index < -0.39 is 0 Å². The van der Waals surface area contributed by atoms with Gasteiger partial charge in [0.05, 0.1) is 6.54 Å². The number of amides is 1. The van der Waals surface area contributed by atoms with Crippen molar-refractivity contribution in [3.63, 3.8) is 0 Å². The van der Waals surface area contributed by atoms with E-state index >= 15 is 0 Å². The number of aliphatic imine (C=N–C) groups is 1. The first-order chi connectivity index (χ1) is 12.6. The van der Waals surface area contributed by atoms with Gasteiger partial charge in [-0.1, -0.05) is 18.2 Å². The molecule has 0 saturated heterocycles. The van der Waals surface area contributed by atoms with Gasteiger partial charge in [-0.2, -0.15) is 0 Å². The molecule has 0 atom stereocenters. The summed E-state index contributed by atoms with van der Waals surface area (Å²) in [7, 11) is 2.00. The predicted molar refractivity (Wildman–Crippen MR) is 121 cm³/mol. The van der Waals surface area contributed by atoms with Crippen LogP contribution in [0.2, 0.25) is 0 Å². The average Bonchev–Trinajstić information content (AvgIpc) is 3.43. The number of benzene rings is 1. The molecule has 1 aromatic rings. The third-order valence-corrected chi connectivity index (χ3v) is 4.24. The van der Waals surface area contributed by atoms with E-state index in [0.717, 1.165) is 49.6 Å². The van der Waals surface area contributed by atoms with Crippen LogP contribution < -0.4 is 15.4 Å². The smallest absolute Gasteiger partial charge is 0.220 e. The maximum absolute atomic E-state index is 11.7. The van der Waals surface area contributed by atoms with E-state index in [1.807, 2.05) is 38.2 Å². The van der Waals surface area contributed by atoms with Gasteiger partial charge in [0, 0.05) is 32.6 Å². The molecule has 152 valence electrons. The van der Waals surface area contributed by atoms with Gasteiger partial charge in [0.15, 0.2) is 5.96 Å². The van der Waals surface area contributed by atoms with E-state index in [4.69, 9.17) is 4.74 Å². The zero-order valence-corrected chi connectivity index (χ0v) is 19.0. The lowest BCUT2D eigenvalue weighted by molar-refractivity contribution is -0.121. The molecular weight excluding hydrogens is 455 g/mol. The fourth-order valence-corrected chi connectivity index (χ4v) is 2.54. The van der Waals surface area contributed by atoms with Gasteiger partial charge in [-0.15, -0.1) is 24.0 Å². The van der Waals surface area contributed by atoms with E-state index in [2.05, 4.69) is 27.4 Å². The summed E-state index contributed by atoms with van der Waals surface area (Å²) in [6, 6.07) is 8.46. The van der Waals surface area contributed by atoms with Crippen molar-refractivity contribution in [1.29, 1.82) is 0 Å². The van der Waals surface area contributed by atoms with Crippen LogP contribution in [0.4, 0.5) is 0 Å². The molecule has 6 nitrogen and oxygen atoms in total. The molecule has 0 radical (unpaired) electrons. The zero-order valence-electron chi connectivity index (χ0n) is 16.7. The molecule has 7 heteroatoms. The Kier molecular flexibility index (Phi) is 11.2. The summed E-state index contributed by atoms with van der Waals surface area (Å²) in [6.45, 7) is 6.88. The van der Waals surface area contributed by atoms with Gasteiger partial charge in [-0.25, -0.2) is 0 Å². The van der Waals surface area contributed by atoms with E-state index in [1.54, 1.807) is 0 Å². The van der Waals surface area contributed by atoms with Crippen molar-refractivity contribution in [3.8, 4) is 5.75 Å². The molecule has 1 aliphatic carbocycles. The SMILES string of the molecule is CCNC(=NCCCC(=O)NC1CC1)N(C)CCOc1ccccc1C.I. The van der Waals surface area contributed by atoms with Crippen molar-refractivity contribution in [3.05, 3.63) is 29.8 Å². The van der Waals surface area contributed by atoms with Crippen molar-refractivity contribution in [2.75, 3.05) is 33.3 Å². The monoisotopic (exact) mass is 488 g/mol. The van der Waals surface area contributed by atoms with Crippen LogP contribution in [0.25, 0.3) is 0 Å². The number of nitrogens with one attached hydrogen (secondary N) is 2. The maximum Gasteiger partial charge on any atom is 0.220 e. The average molecular weight is 488 g/mol. The first kappa shape index (κ1) is 23.5. The number of hydrogen-bond donors (Lipinski definition) is 2. The summed E-state index contributed by atoms with van der Waals surface area (Å²) in [5, 5.41) is 6.30. The third-order valence-electron chi connectivity index (χ3n) is 4.24. The second-order valence-electron chi connectivity index (χ2n) is 6.72. The molecule has 2 rings (SSSR count). The van der Waals surface area contributed by atoms with Crippen LogP contribution in [0.1, 0.15) is 38.2 Å². The number of carbonyl (C=O) groups is 1. The van der Waals surface area contributed by atoms with Crippen LogP contribution in [0.3, 0.4) is 0 Å². The van der Waals surface area contributed by atoms with Crippen LogP contribution in [0.5, 0.6) is 5.75 Å². The van der Waals surface area contributed by atoms with E-state index in [0.29, 0.717) is 25.6 Å². The summed E-state index contributed by atoms with van der Waals surface area (Å²) in [5.41, 5.74) is 1.14. The quantitative estimate of drug-likeness (QED) is 0.230. The molecule has 0 unspecified atom stereocenters. The number of nitrogens with zero attached hydrogens (tertiary/aromatic N) is 2. The normalized spacial score (nSPS) is 13.5. The minimum atomic E-state index is 0. The molecule has 1 saturated carbocycles. The highest BCUT2D eigenvalue weighted by atomic mass is 127.